The lowest BCUT2D eigenvalue weighted by atomic mass is 10.1. The smallest absolute Gasteiger partial charge is 0.232 e. The summed E-state index contributed by atoms with van der Waals surface area (Å²) in [5, 5.41) is 3.01. The monoisotopic (exact) mass is 293 g/mol. The van der Waals surface area contributed by atoms with E-state index in [2.05, 4.69) is 50.8 Å². The molecule has 2 heterocycles. The Morgan fingerprint density at radius 3 is 2.10 bits per heavy atom. The minimum absolute atomic E-state index is 0.218. The van der Waals surface area contributed by atoms with Crippen molar-refractivity contribution in [2.45, 2.75) is 26.3 Å². The van der Waals surface area contributed by atoms with Crippen LogP contribution >= 0.6 is 0 Å². The molecule has 1 aromatic heterocycles. The van der Waals surface area contributed by atoms with E-state index in [1.165, 1.54) is 0 Å². The number of nitrogens with one attached hydrogen (secondary N) is 1. The van der Waals surface area contributed by atoms with Gasteiger partial charge < -0.3 is 15.1 Å². The van der Waals surface area contributed by atoms with Crippen LogP contribution in [0.5, 0.6) is 0 Å². The maximum atomic E-state index is 4.56. The average molecular weight is 293 g/mol. The minimum Gasteiger partial charge on any atom is -0.357 e. The molecule has 7 nitrogen and oxygen atoms in total. The lowest BCUT2D eigenvalue weighted by molar-refractivity contribution is 0.128. The minimum atomic E-state index is 0.218. The van der Waals surface area contributed by atoms with E-state index in [4.69, 9.17) is 0 Å². The molecule has 1 aliphatic rings. The fourth-order valence-corrected chi connectivity index (χ4v) is 2.38. The lowest BCUT2D eigenvalue weighted by Crippen LogP contribution is -2.53. The molecule has 0 aromatic carbocycles. The van der Waals surface area contributed by atoms with Gasteiger partial charge in [-0.1, -0.05) is 0 Å². The second-order valence-corrected chi connectivity index (χ2v) is 6.55. The van der Waals surface area contributed by atoms with Crippen LogP contribution in [0.3, 0.4) is 0 Å². The molecular formula is C14H27N7. The molecule has 0 amide bonds. The summed E-state index contributed by atoms with van der Waals surface area (Å²) in [4.78, 5) is 20.0. The van der Waals surface area contributed by atoms with Crippen molar-refractivity contribution in [3.8, 4) is 0 Å². The van der Waals surface area contributed by atoms with Crippen molar-refractivity contribution in [1.29, 1.82) is 0 Å². The highest BCUT2D eigenvalue weighted by atomic mass is 15.4. The highest BCUT2D eigenvalue weighted by molar-refractivity contribution is 5.44. The molecule has 0 unspecified atom stereocenters. The predicted octanol–water partition coefficient (Wildman–Crippen LogP) is 0.900. The summed E-state index contributed by atoms with van der Waals surface area (Å²) in [5.41, 5.74) is 0.218. The first-order chi connectivity index (χ1) is 9.81. The van der Waals surface area contributed by atoms with Crippen molar-refractivity contribution in [2.24, 2.45) is 0 Å². The van der Waals surface area contributed by atoms with Crippen LogP contribution in [-0.4, -0.2) is 72.7 Å². The molecule has 7 heteroatoms. The third-order valence-electron chi connectivity index (χ3n) is 3.75. The SMILES string of the molecule is CNc1nc(N(C)C)nc(N2CCN(C(C)(C)C)CC2)n1. The quantitative estimate of drug-likeness (QED) is 0.888. The first-order valence-electron chi connectivity index (χ1n) is 7.42. The number of anilines is 3. The van der Waals surface area contributed by atoms with Gasteiger partial charge in [-0.05, 0) is 20.8 Å². The number of nitrogens with zero attached hydrogens (tertiary/aromatic N) is 6. The van der Waals surface area contributed by atoms with E-state index in [1.807, 2.05) is 26.0 Å². The van der Waals surface area contributed by atoms with E-state index in [0.29, 0.717) is 11.9 Å². The Hall–Kier alpha value is -1.63. The molecule has 0 spiro atoms. The molecule has 1 aliphatic heterocycles. The van der Waals surface area contributed by atoms with Gasteiger partial charge in [0.1, 0.15) is 0 Å². The van der Waals surface area contributed by atoms with Crippen molar-refractivity contribution in [1.82, 2.24) is 19.9 Å². The number of hydrogen-bond donors (Lipinski definition) is 1. The number of aromatic nitrogens is 3. The van der Waals surface area contributed by atoms with Crippen molar-refractivity contribution >= 4 is 17.8 Å². The largest absolute Gasteiger partial charge is 0.357 e. The standard InChI is InChI=1S/C14H27N7/c1-14(2,3)21-9-7-20(8-10-21)13-17-11(15-4)16-12(18-13)19(5)6/h7-10H2,1-6H3,(H,15,16,17,18). The van der Waals surface area contributed by atoms with E-state index in [-0.39, 0.29) is 5.54 Å². The van der Waals surface area contributed by atoms with Crippen LogP contribution in [-0.2, 0) is 0 Å². The average Bonchev–Trinajstić information content (AvgIpc) is 2.46. The molecule has 0 radical (unpaired) electrons. The third-order valence-corrected chi connectivity index (χ3v) is 3.75. The number of hydrogen-bond acceptors (Lipinski definition) is 7. The van der Waals surface area contributed by atoms with Gasteiger partial charge in [0.2, 0.25) is 17.8 Å². The third kappa shape index (κ3) is 3.72. The molecule has 0 saturated carbocycles. The van der Waals surface area contributed by atoms with Crippen LogP contribution in [0.25, 0.3) is 0 Å². The van der Waals surface area contributed by atoms with Crippen molar-refractivity contribution in [2.75, 3.05) is 62.4 Å². The number of rotatable bonds is 3. The zero-order valence-corrected chi connectivity index (χ0v) is 14.0. The first kappa shape index (κ1) is 15.8. The van der Waals surface area contributed by atoms with Crippen LogP contribution in [0.1, 0.15) is 20.8 Å². The Bertz CT molecular complexity index is 473. The van der Waals surface area contributed by atoms with Gasteiger partial charge in [-0.2, -0.15) is 15.0 Å². The van der Waals surface area contributed by atoms with Gasteiger partial charge >= 0.3 is 0 Å². The summed E-state index contributed by atoms with van der Waals surface area (Å²) in [6, 6.07) is 0. The zero-order valence-electron chi connectivity index (χ0n) is 14.0. The highest BCUT2D eigenvalue weighted by Crippen LogP contribution is 2.20. The van der Waals surface area contributed by atoms with Crippen LogP contribution < -0.4 is 15.1 Å². The van der Waals surface area contributed by atoms with Crippen molar-refractivity contribution in [3.05, 3.63) is 0 Å². The van der Waals surface area contributed by atoms with Gasteiger partial charge in [-0.25, -0.2) is 0 Å². The summed E-state index contributed by atoms with van der Waals surface area (Å²) in [6.07, 6.45) is 0. The van der Waals surface area contributed by atoms with Crippen molar-refractivity contribution < 1.29 is 0 Å². The van der Waals surface area contributed by atoms with Crippen molar-refractivity contribution in [3.63, 3.8) is 0 Å². The van der Waals surface area contributed by atoms with Gasteiger partial charge in [-0.3, -0.25) is 4.90 Å². The summed E-state index contributed by atoms with van der Waals surface area (Å²) in [6.45, 7) is 10.7. The van der Waals surface area contributed by atoms with Crippen LogP contribution in [0, 0.1) is 0 Å². The van der Waals surface area contributed by atoms with E-state index < -0.39 is 0 Å². The Balaban J connectivity index is 2.14. The van der Waals surface area contributed by atoms with E-state index in [1.54, 1.807) is 0 Å². The van der Waals surface area contributed by atoms with Gasteiger partial charge in [0.25, 0.3) is 0 Å². The Morgan fingerprint density at radius 2 is 1.62 bits per heavy atom. The van der Waals surface area contributed by atoms with E-state index >= 15 is 0 Å². The number of piperazine rings is 1. The van der Waals surface area contributed by atoms with Gasteiger partial charge in [0, 0.05) is 52.9 Å². The highest BCUT2D eigenvalue weighted by Gasteiger charge is 2.27. The Morgan fingerprint density at radius 1 is 1.00 bits per heavy atom. The second-order valence-electron chi connectivity index (χ2n) is 6.55. The fourth-order valence-electron chi connectivity index (χ4n) is 2.38. The molecule has 118 valence electrons. The summed E-state index contributed by atoms with van der Waals surface area (Å²) in [5.74, 6) is 2.05. The molecule has 2 rings (SSSR count). The molecule has 0 aliphatic carbocycles. The molecule has 21 heavy (non-hydrogen) atoms. The lowest BCUT2D eigenvalue weighted by Gasteiger charge is -2.42. The van der Waals surface area contributed by atoms with Crippen LogP contribution in [0.2, 0.25) is 0 Å². The maximum absolute atomic E-state index is 4.56. The molecule has 1 fully saturated rings. The normalized spacial score (nSPS) is 17.0. The molecule has 0 atom stereocenters. The first-order valence-corrected chi connectivity index (χ1v) is 7.42. The van der Waals surface area contributed by atoms with Crippen LogP contribution in [0.4, 0.5) is 17.8 Å². The Kier molecular flexibility index (Phi) is 4.51. The van der Waals surface area contributed by atoms with Gasteiger partial charge in [0.05, 0.1) is 0 Å². The summed E-state index contributed by atoms with van der Waals surface area (Å²) >= 11 is 0. The summed E-state index contributed by atoms with van der Waals surface area (Å²) < 4.78 is 0. The van der Waals surface area contributed by atoms with E-state index in [9.17, 15) is 0 Å². The predicted molar refractivity (Wildman–Crippen MR) is 87.2 cm³/mol. The topological polar surface area (TPSA) is 60.4 Å². The zero-order chi connectivity index (χ0) is 15.6. The van der Waals surface area contributed by atoms with Gasteiger partial charge in [0.15, 0.2) is 0 Å². The fraction of sp³-hybridized carbons (Fsp3) is 0.786. The molecule has 1 N–H and O–H groups in total. The van der Waals surface area contributed by atoms with Gasteiger partial charge in [-0.15, -0.1) is 0 Å². The second kappa shape index (κ2) is 6.01. The van der Waals surface area contributed by atoms with E-state index in [0.717, 1.165) is 32.1 Å². The van der Waals surface area contributed by atoms with Crippen LogP contribution in [0.15, 0.2) is 0 Å². The molecular weight excluding hydrogens is 266 g/mol. The molecule has 0 bridgehead atoms. The summed E-state index contributed by atoms with van der Waals surface area (Å²) in [7, 11) is 5.71. The Labute approximate surface area is 127 Å². The molecule has 1 saturated heterocycles. The maximum Gasteiger partial charge on any atom is 0.232 e. The molecule has 1 aromatic rings.